The first kappa shape index (κ1) is 27.3. The normalized spacial score (nSPS) is 20.3. The number of nitrogens with zero attached hydrogens (tertiary/aromatic N) is 3. The van der Waals surface area contributed by atoms with Crippen molar-refractivity contribution in [3.63, 3.8) is 0 Å². The third-order valence-electron chi connectivity index (χ3n) is 6.94. The Bertz CT molecular complexity index is 1310. The van der Waals surface area contributed by atoms with Crippen LogP contribution in [0, 0.1) is 11.8 Å². The molecular weight excluding hydrogens is 512 g/mol. The van der Waals surface area contributed by atoms with Crippen LogP contribution in [0.4, 0.5) is 5.00 Å². The molecule has 1 aromatic heterocycles. The zero-order valence-electron chi connectivity index (χ0n) is 21.9. The van der Waals surface area contributed by atoms with Crippen LogP contribution in [0.15, 0.2) is 29.2 Å². The van der Waals surface area contributed by atoms with Gasteiger partial charge in [-0.3, -0.25) is 14.4 Å². The van der Waals surface area contributed by atoms with Crippen LogP contribution in [-0.2, 0) is 27.8 Å². The summed E-state index contributed by atoms with van der Waals surface area (Å²) in [6, 6.07) is 5.92. The maximum Gasteiger partial charge on any atom is 0.256 e. The Balaban J connectivity index is 1.57. The van der Waals surface area contributed by atoms with Crippen molar-refractivity contribution in [3.8, 4) is 0 Å². The minimum atomic E-state index is -3.65. The van der Waals surface area contributed by atoms with E-state index in [1.807, 2.05) is 0 Å². The highest BCUT2D eigenvalue weighted by Gasteiger charge is 2.33. The van der Waals surface area contributed by atoms with E-state index in [0.29, 0.717) is 60.6 Å². The van der Waals surface area contributed by atoms with Gasteiger partial charge in [0.1, 0.15) is 5.00 Å². The number of amides is 3. The fourth-order valence-corrected chi connectivity index (χ4v) is 8.04. The zero-order valence-corrected chi connectivity index (χ0v) is 23.5. The van der Waals surface area contributed by atoms with E-state index < -0.39 is 15.9 Å². The summed E-state index contributed by atoms with van der Waals surface area (Å²) in [6.07, 6.45) is 1.54. The maximum absolute atomic E-state index is 13.2. The van der Waals surface area contributed by atoms with Crippen LogP contribution >= 0.6 is 11.3 Å². The first-order valence-electron chi connectivity index (χ1n) is 12.4. The van der Waals surface area contributed by atoms with Gasteiger partial charge in [-0.1, -0.05) is 13.8 Å². The second-order valence-corrected chi connectivity index (χ2v) is 13.4. The molecule has 37 heavy (non-hydrogen) atoms. The Morgan fingerprint density at radius 3 is 2.24 bits per heavy atom. The molecule has 3 amide bonds. The predicted molar refractivity (Wildman–Crippen MR) is 143 cm³/mol. The van der Waals surface area contributed by atoms with Gasteiger partial charge in [0.2, 0.25) is 15.9 Å². The maximum atomic E-state index is 13.2. The molecule has 0 spiro atoms. The van der Waals surface area contributed by atoms with Crippen molar-refractivity contribution in [1.82, 2.24) is 14.1 Å². The van der Waals surface area contributed by atoms with Gasteiger partial charge in [0, 0.05) is 51.1 Å². The van der Waals surface area contributed by atoms with E-state index in [0.717, 1.165) is 16.9 Å². The van der Waals surface area contributed by atoms with E-state index in [1.54, 1.807) is 19.0 Å². The average molecular weight is 547 g/mol. The number of anilines is 1. The minimum Gasteiger partial charge on any atom is -0.345 e. The van der Waals surface area contributed by atoms with Crippen LogP contribution in [0.25, 0.3) is 0 Å². The third kappa shape index (κ3) is 5.58. The number of piperidine rings is 1. The van der Waals surface area contributed by atoms with Gasteiger partial charge in [-0.05, 0) is 54.5 Å². The molecular formula is C26H34N4O5S2. The van der Waals surface area contributed by atoms with Crippen molar-refractivity contribution < 1.29 is 22.8 Å². The summed E-state index contributed by atoms with van der Waals surface area (Å²) in [4.78, 5) is 42.3. The lowest BCUT2D eigenvalue weighted by atomic mass is 9.94. The molecule has 2 unspecified atom stereocenters. The first-order valence-corrected chi connectivity index (χ1v) is 14.7. The number of carbonyl (C=O) groups is 3. The monoisotopic (exact) mass is 546 g/mol. The van der Waals surface area contributed by atoms with E-state index in [9.17, 15) is 22.8 Å². The molecule has 4 rings (SSSR count). The first-order chi connectivity index (χ1) is 17.4. The lowest BCUT2D eigenvalue weighted by Gasteiger charge is -2.34. The fraction of sp³-hybridized carbons (Fsp3) is 0.500. The topological polar surface area (TPSA) is 107 Å². The fourth-order valence-electron chi connectivity index (χ4n) is 5.11. The summed E-state index contributed by atoms with van der Waals surface area (Å²) in [7, 11) is -0.333. The summed E-state index contributed by atoms with van der Waals surface area (Å²) >= 11 is 1.30. The van der Waals surface area contributed by atoms with Crippen molar-refractivity contribution in [3.05, 3.63) is 45.8 Å². The Kier molecular flexibility index (Phi) is 7.77. The van der Waals surface area contributed by atoms with Crippen LogP contribution in [-0.4, -0.2) is 74.0 Å². The van der Waals surface area contributed by atoms with Crippen LogP contribution in [0.5, 0.6) is 0 Å². The lowest BCUT2D eigenvalue weighted by Crippen LogP contribution is -2.42. The quantitative estimate of drug-likeness (QED) is 0.620. The number of carbonyl (C=O) groups excluding carboxylic acids is 3. The molecule has 9 nitrogen and oxygen atoms in total. The molecule has 0 radical (unpaired) electrons. The highest BCUT2D eigenvalue weighted by molar-refractivity contribution is 7.89. The molecule has 1 saturated heterocycles. The van der Waals surface area contributed by atoms with Crippen LogP contribution in [0.3, 0.4) is 0 Å². The summed E-state index contributed by atoms with van der Waals surface area (Å²) in [5.74, 6) is -0.0910. The lowest BCUT2D eigenvalue weighted by molar-refractivity contribution is -0.129. The van der Waals surface area contributed by atoms with Crippen molar-refractivity contribution in [2.45, 2.75) is 45.1 Å². The molecule has 2 aliphatic heterocycles. The molecule has 2 atom stereocenters. The number of rotatable bonds is 5. The SMILES string of the molecule is CC(=O)N1CCc2c(sc(NC(=O)c3ccc(S(=O)(=O)N4CC(C)CC(C)C4)cc3)c2C(=O)N(C)C)C1. The molecule has 200 valence electrons. The molecule has 1 aromatic carbocycles. The van der Waals surface area contributed by atoms with Crippen LogP contribution in [0.2, 0.25) is 0 Å². The molecule has 0 saturated carbocycles. The molecule has 2 aliphatic rings. The predicted octanol–water partition coefficient (Wildman–Crippen LogP) is 3.27. The second-order valence-electron chi connectivity index (χ2n) is 10.3. The van der Waals surface area contributed by atoms with Gasteiger partial charge in [0.05, 0.1) is 17.0 Å². The molecule has 11 heteroatoms. The molecule has 0 aliphatic carbocycles. The molecule has 1 fully saturated rings. The van der Waals surface area contributed by atoms with E-state index in [-0.39, 0.29) is 16.7 Å². The summed E-state index contributed by atoms with van der Waals surface area (Å²) in [6.45, 7) is 7.53. The van der Waals surface area contributed by atoms with Crippen molar-refractivity contribution in [2.75, 3.05) is 39.0 Å². The third-order valence-corrected chi connectivity index (χ3v) is 9.92. The number of sulfonamides is 1. The van der Waals surface area contributed by atoms with Gasteiger partial charge in [-0.25, -0.2) is 8.42 Å². The Morgan fingerprint density at radius 1 is 1.05 bits per heavy atom. The standard InChI is InChI=1S/C26H34N4O5S2/c1-16-12-17(2)14-30(13-16)37(34,35)20-8-6-19(7-9-20)24(32)27-25-23(26(33)28(4)5)21-10-11-29(18(3)31)15-22(21)36-25/h6-9,16-17H,10-15H2,1-5H3,(H,27,32). The Labute approximate surface area is 222 Å². The van der Waals surface area contributed by atoms with Crippen molar-refractivity contribution in [2.24, 2.45) is 11.8 Å². The van der Waals surface area contributed by atoms with Gasteiger partial charge >= 0.3 is 0 Å². The number of nitrogens with one attached hydrogen (secondary N) is 1. The van der Waals surface area contributed by atoms with Crippen LogP contribution in [0.1, 0.15) is 58.3 Å². The molecule has 0 bridgehead atoms. The van der Waals surface area contributed by atoms with Gasteiger partial charge in [-0.2, -0.15) is 4.31 Å². The molecule has 3 heterocycles. The van der Waals surface area contributed by atoms with E-state index in [4.69, 9.17) is 0 Å². The van der Waals surface area contributed by atoms with Gasteiger partial charge in [-0.15, -0.1) is 11.3 Å². The van der Waals surface area contributed by atoms with Crippen molar-refractivity contribution in [1.29, 1.82) is 0 Å². The number of hydrogen-bond donors (Lipinski definition) is 1. The van der Waals surface area contributed by atoms with Gasteiger partial charge < -0.3 is 15.1 Å². The molecule has 2 aromatic rings. The van der Waals surface area contributed by atoms with Crippen molar-refractivity contribution >= 4 is 44.1 Å². The summed E-state index contributed by atoms with van der Waals surface area (Å²) in [5.41, 5.74) is 1.61. The Hall–Kier alpha value is -2.76. The smallest absolute Gasteiger partial charge is 0.256 e. The average Bonchev–Trinajstić information content (AvgIpc) is 3.19. The number of hydrogen-bond acceptors (Lipinski definition) is 6. The summed E-state index contributed by atoms with van der Waals surface area (Å²) < 4.78 is 27.9. The number of thiophene rings is 1. The van der Waals surface area contributed by atoms with E-state index >= 15 is 0 Å². The molecule has 1 N–H and O–H groups in total. The minimum absolute atomic E-state index is 0.0337. The largest absolute Gasteiger partial charge is 0.345 e. The summed E-state index contributed by atoms with van der Waals surface area (Å²) in [5, 5.41) is 3.30. The highest BCUT2D eigenvalue weighted by Crippen LogP contribution is 2.38. The van der Waals surface area contributed by atoms with E-state index in [2.05, 4.69) is 19.2 Å². The van der Waals surface area contributed by atoms with E-state index in [1.165, 1.54) is 51.7 Å². The van der Waals surface area contributed by atoms with Gasteiger partial charge in [0.15, 0.2) is 0 Å². The Morgan fingerprint density at radius 2 is 1.68 bits per heavy atom. The van der Waals surface area contributed by atoms with Gasteiger partial charge in [0.25, 0.3) is 11.8 Å². The highest BCUT2D eigenvalue weighted by atomic mass is 32.2. The zero-order chi connectivity index (χ0) is 27.1. The number of fused-ring (bicyclic) bond motifs is 1. The van der Waals surface area contributed by atoms with Crippen LogP contribution < -0.4 is 5.32 Å². The second kappa shape index (κ2) is 10.5. The number of benzene rings is 1.